The van der Waals surface area contributed by atoms with Crippen molar-refractivity contribution in [3.05, 3.63) is 80.4 Å². The molecule has 0 aliphatic rings. The van der Waals surface area contributed by atoms with Crippen LogP contribution in [0.5, 0.6) is 0 Å². The minimum absolute atomic E-state index is 0.0383. The molecule has 2 aromatic carbocycles. The average Bonchev–Trinajstić information content (AvgIpc) is 2.61. The molecule has 140 valence electrons. The lowest BCUT2D eigenvalue weighted by Crippen LogP contribution is -2.28. The predicted molar refractivity (Wildman–Crippen MR) is 96.4 cm³/mol. The number of halogens is 3. The number of carbonyl (C=O) groups excluding carboxylic acids is 1. The van der Waals surface area contributed by atoms with Gasteiger partial charge in [0, 0.05) is 12.1 Å². The highest BCUT2D eigenvalue weighted by Crippen LogP contribution is 2.18. The van der Waals surface area contributed by atoms with E-state index in [4.69, 9.17) is 0 Å². The molecule has 0 atom stereocenters. The van der Waals surface area contributed by atoms with Gasteiger partial charge in [-0.25, -0.2) is 13.2 Å². The molecule has 0 bridgehead atoms. The summed E-state index contributed by atoms with van der Waals surface area (Å²) >= 11 is 0. The van der Waals surface area contributed by atoms with Gasteiger partial charge in [-0.1, -0.05) is 11.6 Å². The maximum Gasteiger partial charge on any atom is 0.254 e. The van der Waals surface area contributed by atoms with Gasteiger partial charge in [-0.3, -0.25) is 9.59 Å². The number of fused-ring (bicyclic) bond motifs is 1. The topological polar surface area (TPSA) is 62.0 Å². The second-order valence-electron chi connectivity index (χ2n) is 6.40. The molecule has 2 N–H and O–H groups in total. The number of aromatic amines is 1. The molecule has 3 aromatic rings. The summed E-state index contributed by atoms with van der Waals surface area (Å²) in [6.45, 7) is 3.89. The van der Waals surface area contributed by atoms with Crippen LogP contribution in [0.4, 0.5) is 13.2 Å². The van der Waals surface area contributed by atoms with Crippen LogP contribution in [0.1, 0.15) is 27.0 Å². The first kappa shape index (κ1) is 18.7. The monoisotopic (exact) mass is 374 g/mol. The summed E-state index contributed by atoms with van der Waals surface area (Å²) in [5, 5.41) is 3.29. The number of aromatic nitrogens is 1. The molecular weight excluding hydrogens is 357 g/mol. The van der Waals surface area contributed by atoms with E-state index in [2.05, 4.69) is 10.3 Å². The summed E-state index contributed by atoms with van der Waals surface area (Å²) in [7, 11) is 0. The fraction of sp³-hybridized carbons (Fsp3) is 0.200. The molecule has 0 unspecified atom stereocenters. The lowest BCUT2D eigenvalue weighted by Gasteiger charge is -2.09. The minimum Gasteiger partial charge on any atom is -0.352 e. The zero-order valence-electron chi connectivity index (χ0n) is 14.8. The Morgan fingerprint density at radius 1 is 1.07 bits per heavy atom. The van der Waals surface area contributed by atoms with Crippen molar-refractivity contribution in [2.24, 2.45) is 0 Å². The highest BCUT2D eigenvalue weighted by Gasteiger charge is 2.18. The van der Waals surface area contributed by atoms with Gasteiger partial charge in [-0.2, -0.15) is 0 Å². The van der Waals surface area contributed by atoms with Gasteiger partial charge in [0.1, 0.15) is 0 Å². The van der Waals surface area contributed by atoms with Gasteiger partial charge in [-0.15, -0.1) is 0 Å². The molecule has 4 nitrogen and oxygen atoms in total. The Labute approximate surface area is 153 Å². The van der Waals surface area contributed by atoms with Crippen molar-refractivity contribution in [2.45, 2.75) is 20.3 Å². The highest BCUT2D eigenvalue weighted by atomic mass is 19.2. The molecule has 1 heterocycles. The number of benzene rings is 2. The Morgan fingerprint density at radius 3 is 2.56 bits per heavy atom. The number of amides is 1. The third kappa shape index (κ3) is 3.72. The van der Waals surface area contributed by atoms with Crippen LogP contribution >= 0.6 is 0 Å². The number of H-pyrrole nitrogens is 1. The number of aryl methyl sites for hydroxylation is 2. The summed E-state index contributed by atoms with van der Waals surface area (Å²) in [6, 6.07) is 7.22. The summed E-state index contributed by atoms with van der Waals surface area (Å²) in [4.78, 5) is 27.0. The van der Waals surface area contributed by atoms with Crippen LogP contribution in [0.15, 0.2) is 35.1 Å². The van der Waals surface area contributed by atoms with E-state index >= 15 is 0 Å². The van der Waals surface area contributed by atoms with Crippen LogP contribution in [0.3, 0.4) is 0 Å². The van der Waals surface area contributed by atoms with Gasteiger partial charge in [0.15, 0.2) is 17.5 Å². The predicted octanol–water partition coefficient (Wildman–Crippen LogP) is 3.53. The quantitative estimate of drug-likeness (QED) is 0.687. The Kier molecular flexibility index (Phi) is 5.03. The maximum absolute atomic E-state index is 13.6. The van der Waals surface area contributed by atoms with Gasteiger partial charge < -0.3 is 10.3 Å². The Bertz CT molecular complexity index is 1110. The summed E-state index contributed by atoms with van der Waals surface area (Å²) in [5.41, 5.74) is 2.35. The van der Waals surface area contributed by atoms with Crippen LogP contribution in [0.2, 0.25) is 0 Å². The molecule has 27 heavy (non-hydrogen) atoms. The number of hydrogen-bond donors (Lipinski definition) is 2. The van der Waals surface area contributed by atoms with Crippen molar-refractivity contribution < 1.29 is 18.0 Å². The van der Waals surface area contributed by atoms with Crippen LogP contribution in [0, 0.1) is 31.3 Å². The Morgan fingerprint density at radius 2 is 1.81 bits per heavy atom. The van der Waals surface area contributed by atoms with Crippen molar-refractivity contribution >= 4 is 16.8 Å². The number of hydrogen-bond acceptors (Lipinski definition) is 2. The second kappa shape index (κ2) is 7.26. The molecule has 0 fully saturated rings. The summed E-state index contributed by atoms with van der Waals surface area (Å²) < 4.78 is 39.8. The molecule has 1 aromatic heterocycles. The number of rotatable bonds is 4. The fourth-order valence-electron chi connectivity index (χ4n) is 3.03. The zero-order valence-corrected chi connectivity index (χ0v) is 14.8. The first-order chi connectivity index (χ1) is 12.8. The van der Waals surface area contributed by atoms with Crippen molar-refractivity contribution in [1.82, 2.24) is 10.3 Å². The molecular formula is C20H17F3N2O2. The van der Waals surface area contributed by atoms with Gasteiger partial charge >= 0.3 is 0 Å². The van der Waals surface area contributed by atoms with E-state index in [1.165, 1.54) is 0 Å². The Balaban J connectivity index is 1.76. The third-order valence-corrected chi connectivity index (χ3v) is 4.33. The third-order valence-electron chi connectivity index (χ3n) is 4.33. The standard InChI is InChI=1S/C20H17F3N2O2/c1-10-7-11(2)18-13(8-10)9-12(19(26)25-18)5-6-24-20(27)14-3-4-15(21)17(23)16(14)22/h3-4,7-9H,5-6H2,1-2H3,(H,24,27)(H,25,26). The second-order valence-corrected chi connectivity index (χ2v) is 6.40. The first-order valence-electron chi connectivity index (χ1n) is 8.33. The van der Waals surface area contributed by atoms with Crippen molar-refractivity contribution in [3.8, 4) is 0 Å². The molecule has 1 amide bonds. The van der Waals surface area contributed by atoms with Gasteiger partial charge in [-0.05, 0) is 55.5 Å². The van der Waals surface area contributed by atoms with Crippen molar-refractivity contribution in [3.63, 3.8) is 0 Å². The molecule has 0 saturated carbocycles. The largest absolute Gasteiger partial charge is 0.352 e. The van der Waals surface area contributed by atoms with E-state index in [9.17, 15) is 22.8 Å². The molecule has 0 aliphatic carbocycles. The number of pyridine rings is 1. The molecule has 0 spiro atoms. The van der Waals surface area contributed by atoms with Crippen molar-refractivity contribution in [1.29, 1.82) is 0 Å². The van der Waals surface area contributed by atoms with Crippen LogP contribution in [0.25, 0.3) is 10.9 Å². The van der Waals surface area contributed by atoms with E-state index in [1.807, 2.05) is 26.0 Å². The normalized spacial score (nSPS) is 11.0. The minimum atomic E-state index is -1.70. The molecule has 0 aliphatic heterocycles. The van der Waals surface area contributed by atoms with E-state index in [0.717, 1.165) is 28.1 Å². The number of nitrogens with one attached hydrogen (secondary N) is 2. The van der Waals surface area contributed by atoms with Crippen LogP contribution in [-0.2, 0) is 6.42 Å². The Hall–Kier alpha value is -3.09. The summed E-state index contributed by atoms with van der Waals surface area (Å²) in [5.74, 6) is -5.48. The van der Waals surface area contributed by atoms with Gasteiger partial charge in [0.25, 0.3) is 11.5 Å². The lowest BCUT2D eigenvalue weighted by molar-refractivity contribution is 0.0949. The van der Waals surface area contributed by atoms with Gasteiger partial charge in [0.05, 0.1) is 11.1 Å². The summed E-state index contributed by atoms with van der Waals surface area (Å²) in [6.07, 6.45) is 0.204. The lowest BCUT2D eigenvalue weighted by atomic mass is 10.0. The van der Waals surface area contributed by atoms with Crippen LogP contribution in [-0.4, -0.2) is 17.4 Å². The van der Waals surface area contributed by atoms with E-state index in [-0.39, 0.29) is 18.5 Å². The maximum atomic E-state index is 13.6. The molecule has 0 saturated heterocycles. The number of carbonyl (C=O) groups is 1. The van der Waals surface area contributed by atoms with E-state index in [1.54, 1.807) is 6.07 Å². The van der Waals surface area contributed by atoms with Crippen LogP contribution < -0.4 is 10.9 Å². The molecule has 0 radical (unpaired) electrons. The van der Waals surface area contributed by atoms with E-state index < -0.39 is 28.9 Å². The SMILES string of the molecule is Cc1cc(C)c2[nH]c(=O)c(CCNC(=O)c3ccc(F)c(F)c3F)cc2c1. The zero-order chi connectivity index (χ0) is 19.7. The average molecular weight is 374 g/mol. The fourth-order valence-corrected chi connectivity index (χ4v) is 3.03. The smallest absolute Gasteiger partial charge is 0.254 e. The molecule has 7 heteroatoms. The van der Waals surface area contributed by atoms with Gasteiger partial charge in [0.2, 0.25) is 0 Å². The highest BCUT2D eigenvalue weighted by molar-refractivity contribution is 5.94. The van der Waals surface area contributed by atoms with Crippen molar-refractivity contribution in [2.75, 3.05) is 6.54 Å². The molecule has 3 rings (SSSR count). The first-order valence-corrected chi connectivity index (χ1v) is 8.33. The van der Waals surface area contributed by atoms with E-state index in [0.29, 0.717) is 11.6 Å².